The Bertz CT molecular complexity index is 130. The van der Waals surface area contributed by atoms with Crippen LogP contribution >= 0.6 is 0 Å². The van der Waals surface area contributed by atoms with Crippen molar-refractivity contribution in [1.82, 2.24) is 5.32 Å². The lowest BCUT2D eigenvalue weighted by Crippen LogP contribution is -2.32. The molecule has 0 bridgehead atoms. The van der Waals surface area contributed by atoms with Gasteiger partial charge in [-0.15, -0.1) is 0 Å². The first-order chi connectivity index (χ1) is 6.55. The van der Waals surface area contributed by atoms with Gasteiger partial charge in [-0.2, -0.15) is 0 Å². The van der Waals surface area contributed by atoms with Gasteiger partial charge < -0.3 is 10.4 Å². The smallest absolute Gasteiger partial charge is 0.0634 e. The highest BCUT2D eigenvalue weighted by Gasteiger charge is 2.23. The molecule has 0 rings (SSSR count). The quantitative estimate of drug-likeness (QED) is 0.592. The van der Waals surface area contributed by atoms with Crippen molar-refractivity contribution < 1.29 is 5.11 Å². The monoisotopic (exact) mass is 201 g/mol. The summed E-state index contributed by atoms with van der Waals surface area (Å²) < 4.78 is 0. The number of rotatable bonds is 8. The Hall–Kier alpha value is -0.0800. The number of aliphatic hydroxyl groups is 1. The summed E-state index contributed by atoms with van der Waals surface area (Å²) in [5, 5.41) is 13.4. The Balaban J connectivity index is 3.79. The molecule has 0 aliphatic carbocycles. The van der Waals surface area contributed by atoms with Crippen molar-refractivity contribution >= 4 is 0 Å². The highest BCUT2D eigenvalue weighted by atomic mass is 16.3. The zero-order valence-electron chi connectivity index (χ0n) is 10.3. The molecule has 0 aliphatic rings. The maximum atomic E-state index is 10.1. The van der Waals surface area contributed by atoms with Gasteiger partial charge in [0, 0.05) is 0 Å². The van der Waals surface area contributed by atoms with Gasteiger partial charge in [-0.3, -0.25) is 0 Å². The van der Waals surface area contributed by atoms with Gasteiger partial charge in [-0.25, -0.2) is 0 Å². The lowest BCUT2D eigenvalue weighted by atomic mass is 9.86. The Morgan fingerprint density at radius 2 is 1.79 bits per heavy atom. The highest BCUT2D eigenvalue weighted by Crippen LogP contribution is 2.24. The third-order valence-electron chi connectivity index (χ3n) is 2.97. The van der Waals surface area contributed by atoms with Gasteiger partial charge in [0.2, 0.25) is 0 Å². The molecular formula is C12H27NO. The van der Waals surface area contributed by atoms with E-state index in [0.29, 0.717) is 5.92 Å². The van der Waals surface area contributed by atoms with Gasteiger partial charge in [-0.05, 0) is 38.8 Å². The predicted molar refractivity (Wildman–Crippen MR) is 62.5 cm³/mol. The van der Waals surface area contributed by atoms with Gasteiger partial charge in [0.05, 0.1) is 5.60 Å². The molecular weight excluding hydrogens is 174 g/mol. The number of hydrogen-bond donors (Lipinski definition) is 2. The van der Waals surface area contributed by atoms with E-state index < -0.39 is 5.60 Å². The normalized spacial score (nSPS) is 15.9. The highest BCUT2D eigenvalue weighted by molar-refractivity contribution is 4.76. The molecule has 0 heterocycles. The van der Waals surface area contributed by atoms with Gasteiger partial charge in [0.1, 0.15) is 0 Å². The van der Waals surface area contributed by atoms with E-state index in [2.05, 4.69) is 26.1 Å². The topological polar surface area (TPSA) is 32.3 Å². The predicted octanol–water partition coefficient (Wildman–Crippen LogP) is 2.56. The Kier molecular flexibility index (Phi) is 7.20. The molecule has 2 nitrogen and oxygen atoms in total. The molecule has 0 aliphatic heterocycles. The van der Waals surface area contributed by atoms with Crippen LogP contribution in [0.2, 0.25) is 0 Å². The molecule has 2 N–H and O–H groups in total. The fourth-order valence-electron chi connectivity index (χ4n) is 1.84. The van der Waals surface area contributed by atoms with Crippen LogP contribution < -0.4 is 5.32 Å². The molecule has 0 amide bonds. The summed E-state index contributed by atoms with van der Waals surface area (Å²) in [6.07, 6.45) is 4.14. The van der Waals surface area contributed by atoms with E-state index in [1.807, 2.05) is 6.92 Å². The minimum absolute atomic E-state index is 0.487. The second-order valence-electron chi connectivity index (χ2n) is 4.49. The first-order valence-electron chi connectivity index (χ1n) is 5.98. The zero-order valence-corrected chi connectivity index (χ0v) is 10.3. The number of hydrogen-bond acceptors (Lipinski definition) is 2. The van der Waals surface area contributed by atoms with Gasteiger partial charge >= 0.3 is 0 Å². The molecule has 0 spiro atoms. The van der Waals surface area contributed by atoms with Gasteiger partial charge in [0.25, 0.3) is 0 Å². The lowest BCUT2D eigenvalue weighted by molar-refractivity contribution is 0.0245. The van der Waals surface area contributed by atoms with Crippen molar-refractivity contribution in [3.05, 3.63) is 0 Å². The third-order valence-corrected chi connectivity index (χ3v) is 2.97. The minimum atomic E-state index is -0.487. The van der Waals surface area contributed by atoms with E-state index in [-0.39, 0.29) is 0 Å². The van der Waals surface area contributed by atoms with E-state index in [9.17, 15) is 5.11 Å². The summed E-state index contributed by atoms with van der Waals surface area (Å²) in [7, 11) is 0. The fourth-order valence-corrected chi connectivity index (χ4v) is 1.84. The van der Waals surface area contributed by atoms with Crippen molar-refractivity contribution in [3.8, 4) is 0 Å². The fraction of sp³-hybridized carbons (Fsp3) is 1.00. The second-order valence-corrected chi connectivity index (χ2v) is 4.49. The molecule has 0 aromatic rings. The molecule has 0 radical (unpaired) electrons. The van der Waals surface area contributed by atoms with Crippen LogP contribution in [0.5, 0.6) is 0 Å². The van der Waals surface area contributed by atoms with Crippen LogP contribution in [-0.2, 0) is 0 Å². The Labute approximate surface area is 89.1 Å². The van der Waals surface area contributed by atoms with Crippen molar-refractivity contribution in [3.63, 3.8) is 0 Å². The molecule has 86 valence electrons. The van der Waals surface area contributed by atoms with E-state index in [4.69, 9.17) is 0 Å². The maximum Gasteiger partial charge on any atom is 0.0634 e. The van der Waals surface area contributed by atoms with Crippen LogP contribution in [0, 0.1) is 5.92 Å². The molecule has 0 saturated carbocycles. The van der Waals surface area contributed by atoms with Gasteiger partial charge in [-0.1, -0.05) is 33.6 Å². The average molecular weight is 201 g/mol. The lowest BCUT2D eigenvalue weighted by Gasteiger charge is -2.27. The zero-order chi connectivity index (χ0) is 11.0. The van der Waals surface area contributed by atoms with Crippen LogP contribution in [0.1, 0.15) is 53.4 Å². The van der Waals surface area contributed by atoms with Crippen molar-refractivity contribution in [2.45, 2.75) is 59.0 Å². The number of nitrogens with one attached hydrogen (secondary N) is 1. The molecule has 0 fully saturated rings. The second kappa shape index (κ2) is 7.24. The van der Waals surface area contributed by atoms with Crippen molar-refractivity contribution in [2.24, 2.45) is 5.92 Å². The van der Waals surface area contributed by atoms with Crippen LogP contribution in [0.15, 0.2) is 0 Å². The van der Waals surface area contributed by atoms with E-state index in [1.165, 1.54) is 12.8 Å². The summed E-state index contributed by atoms with van der Waals surface area (Å²) in [6, 6.07) is 0. The summed E-state index contributed by atoms with van der Waals surface area (Å²) in [5.74, 6) is 0.673. The van der Waals surface area contributed by atoms with E-state index in [0.717, 1.165) is 25.9 Å². The minimum Gasteiger partial charge on any atom is -0.390 e. The SMILES string of the molecule is CCNCCC(C)(O)CC(CC)CC. The van der Waals surface area contributed by atoms with Gasteiger partial charge in [0.15, 0.2) is 0 Å². The summed E-state index contributed by atoms with van der Waals surface area (Å²) in [4.78, 5) is 0. The van der Waals surface area contributed by atoms with Crippen molar-refractivity contribution in [2.75, 3.05) is 13.1 Å². The van der Waals surface area contributed by atoms with Crippen LogP contribution in [0.3, 0.4) is 0 Å². The summed E-state index contributed by atoms with van der Waals surface area (Å²) >= 11 is 0. The molecule has 0 saturated heterocycles. The maximum absolute atomic E-state index is 10.1. The largest absolute Gasteiger partial charge is 0.390 e. The average Bonchev–Trinajstić information content (AvgIpc) is 2.14. The van der Waals surface area contributed by atoms with Crippen LogP contribution in [0.25, 0.3) is 0 Å². The Morgan fingerprint density at radius 3 is 2.21 bits per heavy atom. The standard InChI is InChI=1S/C12H27NO/c1-5-11(6-2)10-12(4,14)8-9-13-7-3/h11,13-14H,5-10H2,1-4H3. The summed E-state index contributed by atoms with van der Waals surface area (Å²) in [5.41, 5.74) is -0.487. The molecule has 14 heavy (non-hydrogen) atoms. The van der Waals surface area contributed by atoms with Crippen LogP contribution in [-0.4, -0.2) is 23.8 Å². The molecule has 1 atom stereocenters. The summed E-state index contributed by atoms with van der Waals surface area (Å²) in [6.45, 7) is 10.4. The van der Waals surface area contributed by atoms with Crippen LogP contribution in [0.4, 0.5) is 0 Å². The third kappa shape index (κ3) is 6.39. The van der Waals surface area contributed by atoms with Crippen molar-refractivity contribution in [1.29, 1.82) is 0 Å². The van der Waals surface area contributed by atoms with E-state index >= 15 is 0 Å². The Morgan fingerprint density at radius 1 is 1.21 bits per heavy atom. The molecule has 0 aromatic carbocycles. The molecule has 1 unspecified atom stereocenters. The molecule has 2 heteroatoms. The first-order valence-corrected chi connectivity index (χ1v) is 5.98. The first kappa shape index (κ1) is 13.9. The van der Waals surface area contributed by atoms with E-state index in [1.54, 1.807) is 0 Å². The molecule has 0 aromatic heterocycles.